The lowest BCUT2D eigenvalue weighted by Gasteiger charge is -2.37. The van der Waals surface area contributed by atoms with Crippen molar-refractivity contribution in [3.8, 4) is 0 Å². The summed E-state index contributed by atoms with van der Waals surface area (Å²) < 4.78 is 0. The van der Waals surface area contributed by atoms with Crippen molar-refractivity contribution in [2.75, 3.05) is 24.5 Å². The van der Waals surface area contributed by atoms with Gasteiger partial charge in [-0.3, -0.25) is 4.98 Å². The van der Waals surface area contributed by atoms with Crippen molar-refractivity contribution in [3.05, 3.63) is 78.5 Å². The quantitative estimate of drug-likeness (QED) is 0.600. The molecule has 1 fully saturated rings. The number of fused-ring (bicyclic) bond motifs is 2. The van der Waals surface area contributed by atoms with Crippen LogP contribution in [0.4, 0.5) is 5.82 Å². The van der Waals surface area contributed by atoms with Crippen molar-refractivity contribution in [2.45, 2.75) is 6.04 Å². The third-order valence-electron chi connectivity index (χ3n) is 5.08. The van der Waals surface area contributed by atoms with Gasteiger partial charge in [0.1, 0.15) is 5.82 Å². The third-order valence-corrected chi connectivity index (χ3v) is 5.08. The molecule has 1 aliphatic heterocycles. The van der Waals surface area contributed by atoms with E-state index in [-0.39, 0.29) is 6.04 Å². The van der Waals surface area contributed by atoms with E-state index in [0.717, 1.165) is 42.2 Å². The molecule has 4 heteroatoms. The Morgan fingerprint density at radius 3 is 2.27 bits per heavy atom. The van der Waals surface area contributed by atoms with Crippen LogP contribution in [0.2, 0.25) is 0 Å². The number of nitrogens with zero attached hydrogens (tertiary/aromatic N) is 3. The molecule has 1 aliphatic rings. The van der Waals surface area contributed by atoms with Crippen molar-refractivity contribution in [1.82, 2.24) is 15.3 Å². The van der Waals surface area contributed by atoms with Gasteiger partial charge < -0.3 is 10.2 Å². The molecule has 128 valence electrons. The molecule has 0 spiro atoms. The monoisotopic (exact) mass is 340 g/mol. The van der Waals surface area contributed by atoms with Crippen LogP contribution in [0.5, 0.6) is 0 Å². The maximum absolute atomic E-state index is 4.93. The fourth-order valence-corrected chi connectivity index (χ4v) is 3.73. The van der Waals surface area contributed by atoms with Gasteiger partial charge in [0.2, 0.25) is 0 Å². The van der Waals surface area contributed by atoms with Gasteiger partial charge in [0.05, 0.1) is 22.8 Å². The van der Waals surface area contributed by atoms with Crippen molar-refractivity contribution in [2.24, 2.45) is 0 Å². The van der Waals surface area contributed by atoms with Crippen molar-refractivity contribution in [3.63, 3.8) is 0 Å². The summed E-state index contributed by atoms with van der Waals surface area (Å²) in [4.78, 5) is 12.2. The molecule has 0 aliphatic carbocycles. The van der Waals surface area contributed by atoms with E-state index in [0.29, 0.717) is 0 Å². The summed E-state index contributed by atoms with van der Waals surface area (Å²) >= 11 is 0. The van der Waals surface area contributed by atoms with Crippen LogP contribution in [0.1, 0.15) is 11.7 Å². The number of pyridine rings is 2. The molecule has 1 N–H and O–H groups in total. The fraction of sp³-hybridized carbons (Fsp3) is 0.182. The maximum Gasteiger partial charge on any atom is 0.129 e. The highest BCUT2D eigenvalue weighted by Gasteiger charge is 2.26. The molecule has 1 unspecified atom stereocenters. The van der Waals surface area contributed by atoms with Crippen LogP contribution in [0, 0.1) is 0 Å². The molecule has 0 amide bonds. The van der Waals surface area contributed by atoms with E-state index < -0.39 is 0 Å². The van der Waals surface area contributed by atoms with Crippen LogP contribution in [0.25, 0.3) is 21.8 Å². The number of benzene rings is 2. The number of aromatic nitrogens is 2. The summed E-state index contributed by atoms with van der Waals surface area (Å²) in [5, 5.41) is 5.86. The van der Waals surface area contributed by atoms with E-state index in [1.54, 1.807) is 0 Å². The SMILES string of the molecule is c1ccc2nc(C3CNCCN3c3ccc4ccccc4n3)ccc2c1. The van der Waals surface area contributed by atoms with E-state index in [1.165, 1.54) is 10.8 Å². The van der Waals surface area contributed by atoms with E-state index in [2.05, 4.69) is 70.9 Å². The second-order valence-electron chi connectivity index (χ2n) is 6.70. The van der Waals surface area contributed by atoms with Gasteiger partial charge in [-0.1, -0.05) is 42.5 Å². The average Bonchev–Trinajstić information content (AvgIpc) is 2.73. The van der Waals surface area contributed by atoms with Gasteiger partial charge in [0.15, 0.2) is 0 Å². The predicted octanol–water partition coefficient (Wildman–Crippen LogP) is 3.93. The summed E-state index contributed by atoms with van der Waals surface area (Å²) in [6.45, 7) is 2.75. The molecule has 26 heavy (non-hydrogen) atoms. The zero-order valence-electron chi connectivity index (χ0n) is 14.5. The molecular weight excluding hydrogens is 320 g/mol. The average molecular weight is 340 g/mol. The number of hydrogen-bond donors (Lipinski definition) is 1. The van der Waals surface area contributed by atoms with Gasteiger partial charge in [-0.25, -0.2) is 4.98 Å². The summed E-state index contributed by atoms with van der Waals surface area (Å²) in [6, 6.07) is 25.3. The van der Waals surface area contributed by atoms with Crippen LogP contribution >= 0.6 is 0 Å². The van der Waals surface area contributed by atoms with Gasteiger partial charge in [-0.2, -0.15) is 0 Å². The minimum atomic E-state index is 0.182. The largest absolute Gasteiger partial charge is 0.345 e. The van der Waals surface area contributed by atoms with Crippen molar-refractivity contribution < 1.29 is 0 Å². The first-order valence-electron chi connectivity index (χ1n) is 9.07. The Balaban J connectivity index is 1.56. The molecule has 0 radical (unpaired) electrons. The number of nitrogens with one attached hydrogen (secondary N) is 1. The fourth-order valence-electron chi connectivity index (χ4n) is 3.73. The van der Waals surface area contributed by atoms with Crippen molar-refractivity contribution >= 4 is 27.6 Å². The normalized spacial score (nSPS) is 17.7. The van der Waals surface area contributed by atoms with Crippen LogP contribution in [-0.2, 0) is 0 Å². The summed E-state index contributed by atoms with van der Waals surface area (Å²) in [5.41, 5.74) is 3.17. The maximum atomic E-state index is 4.93. The van der Waals surface area contributed by atoms with E-state index in [4.69, 9.17) is 9.97 Å². The van der Waals surface area contributed by atoms with E-state index >= 15 is 0 Å². The number of para-hydroxylation sites is 2. The Hall–Kier alpha value is -2.98. The van der Waals surface area contributed by atoms with Gasteiger partial charge in [-0.15, -0.1) is 0 Å². The predicted molar refractivity (Wildman–Crippen MR) is 106 cm³/mol. The second-order valence-corrected chi connectivity index (χ2v) is 6.70. The van der Waals surface area contributed by atoms with E-state index in [1.807, 2.05) is 12.1 Å². The molecule has 5 rings (SSSR count). The molecular formula is C22H20N4. The Bertz CT molecular complexity index is 988. The highest BCUT2D eigenvalue weighted by Crippen LogP contribution is 2.28. The first-order chi connectivity index (χ1) is 12.9. The van der Waals surface area contributed by atoms with Crippen LogP contribution in [0.15, 0.2) is 72.8 Å². The molecule has 3 heterocycles. The lowest BCUT2D eigenvalue weighted by Crippen LogP contribution is -2.46. The lowest BCUT2D eigenvalue weighted by atomic mass is 10.1. The zero-order valence-corrected chi connectivity index (χ0v) is 14.5. The molecule has 1 atom stereocenters. The van der Waals surface area contributed by atoms with Gasteiger partial charge >= 0.3 is 0 Å². The molecule has 4 nitrogen and oxygen atoms in total. The smallest absolute Gasteiger partial charge is 0.129 e. The Labute approximate surface area is 152 Å². The zero-order chi connectivity index (χ0) is 17.3. The van der Waals surface area contributed by atoms with Gasteiger partial charge in [0.25, 0.3) is 0 Å². The van der Waals surface area contributed by atoms with E-state index in [9.17, 15) is 0 Å². The van der Waals surface area contributed by atoms with Crippen LogP contribution in [0.3, 0.4) is 0 Å². The standard InChI is InChI=1S/C22H20N4/c1-3-7-18-16(5-1)9-11-20(24-18)21-15-23-13-14-26(21)22-12-10-17-6-2-4-8-19(17)25-22/h1-12,21,23H,13-15H2. The molecule has 1 saturated heterocycles. The highest BCUT2D eigenvalue weighted by molar-refractivity contribution is 5.80. The number of anilines is 1. The summed E-state index contributed by atoms with van der Waals surface area (Å²) in [7, 11) is 0. The Morgan fingerprint density at radius 1 is 0.769 bits per heavy atom. The summed E-state index contributed by atoms with van der Waals surface area (Å²) in [6.07, 6.45) is 0. The molecule has 2 aromatic carbocycles. The first-order valence-corrected chi connectivity index (χ1v) is 9.07. The second kappa shape index (κ2) is 6.39. The van der Waals surface area contributed by atoms with Crippen molar-refractivity contribution in [1.29, 1.82) is 0 Å². The lowest BCUT2D eigenvalue weighted by molar-refractivity contribution is 0.480. The molecule has 0 saturated carbocycles. The molecule has 2 aromatic heterocycles. The minimum absolute atomic E-state index is 0.182. The Morgan fingerprint density at radius 2 is 1.46 bits per heavy atom. The minimum Gasteiger partial charge on any atom is -0.345 e. The number of piperazine rings is 1. The number of hydrogen-bond acceptors (Lipinski definition) is 4. The van der Waals surface area contributed by atoms with Crippen LogP contribution < -0.4 is 10.2 Å². The first kappa shape index (κ1) is 15.3. The van der Waals surface area contributed by atoms with Crippen LogP contribution in [-0.4, -0.2) is 29.6 Å². The van der Waals surface area contributed by atoms with Gasteiger partial charge in [0, 0.05) is 30.4 Å². The topological polar surface area (TPSA) is 41.1 Å². The molecule has 4 aromatic rings. The molecule has 0 bridgehead atoms. The Kier molecular flexibility index (Phi) is 3.76. The summed E-state index contributed by atoms with van der Waals surface area (Å²) in [5.74, 6) is 1.02. The third kappa shape index (κ3) is 2.68. The number of rotatable bonds is 2. The highest BCUT2D eigenvalue weighted by atomic mass is 15.3. The van der Waals surface area contributed by atoms with Gasteiger partial charge in [-0.05, 0) is 30.3 Å².